The monoisotopic (exact) mass is 249 g/mol. The molecule has 18 heavy (non-hydrogen) atoms. The van der Waals surface area contributed by atoms with Crippen LogP contribution in [0.4, 0.5) is 5.69 Å². The summed E-state index contributed by atoms with van der Waals surface area (Å²) in [6, 6.07) is 8.28. The second-order valence-electron chi connectivity index (χ2n) is 4.88. The number of carbonyl (C=O) groups is 1. The molecule has 2 rings (SSSR count). The number of anilines is 1. The number of ether oxygens (including phenoxy) is 1. The van der Waals surface area contributed by atoms with Crippen molar-refractivity contribution in [3.05, 3.63) is 29.8 Å². The first-order chi connectivity index (χ1) is 8.56. The summed E-state index contributed by atoms with van der Waals surface area (Å²) in [6.07, 6.45) is 0.813. The molecule has 0 radical (unpaired) electrons. The van der Waals surface area contributed by atoms with Crippen molar-refractivity contribution in [3.8, 4) is 0 Å². The van der Waals surface area contributed by atoms with E-state index in [1.807, 2.05) is 7.05 Å². The van der Waals surface area contributed by atoms with E-state index < -0.39 is 12.1 Å². The van der Waals surface area contributed by atoms with Gasteiger partial charge >= 0.3 is 5.97 Å². The lowest BCUT2D eigenvalue weighted by atomic mass is 10.1. The van der Waals surface area contributed by atoms with Crippen molar-refractivity contribution < 1.29 is 14.6 Å². The Balaban J connectivity index is 1.90. The molecule has 0 aromatic heterocycles. The van der Waals surface area contributed by atoms with Crippen LogP contribution in [0, 0.1) is 6.92 Å². The number of nitrogens with zero attached hydrogens (tertiary/aromatic N) is 1. The van der Waals surface area contributed by atoms with Crippen molar-refractivity contribution in [2.24, 2.45) is 0 Å². The Morgan fingerprint density at radius 1 is 1.39 bits per heavy atom. The molecule has 1 saturated heterocycles. The van der Waals surface area contributed by atoms with Gasteiger partial charge in [0.1, 0.15) is 0 Å². The number of carboxylic acid groups (broad SMARTS) is 1. The molecule has 4 heteroatoms. The van der Waals surface area contributed by atoms with Crippen LogP contribution in [0.15, 0.2) is 24.3 Å². The van der Waals surface area contributed by atoms with Crippen molar-refractivity contribution in [2.75, 3.05) is 18.5 Å². The molecule has 2 atom stereocenters. The van der Waals surface area contributed by atoms with E-state index in [1.165, 1.54) is 5.56 Å². The van der Waals surface area contributed by atoms with Crippen LogP contribution in [-0.4, -0.2) is 36.9 Å². The minimum Gasteiger partial charge on any atom is -0.479 e. The third-order valence-corrected chi connectivity index (χ3v) is 3.34. The Hall–Kier alpha value is -1.55. The van der Waals surface area contributed by atoms with Crippen LogP contribution in [0.5, 0.6) is 0 Å². The van der Waals surface area contributed by atoms with Gasteiger partial charge in [-0.05, 0) is 31.9 Å². The maximum atomic E-state index is 10.8. The van der Waals surface area contributed by atoms with Crippen molar-refractivity contribution in [1.29, 1.82) is 0 Å². The van der Waals surface area contributed by atoms with Crippen LogP contribution in [0.1, 0.15) is 18.4 Å². The quantitative estimate of drug-likeness (QED) is 0.887. The predicted molar refractivity (Wildman–Crippen MR) is 70.0 cm³/mol. The summed E-state index contributed by atoms with van der Waals surface area (Å²) in [4.78, 5) is 12.9. The Morgan fingerprint density at radius 2 is 2.06 bits per heavy atom. The summed E-state index contributed by atoms with van der Waals surface area (Å²) in [5.74, 6) is -0.851. The first-order valence-corrected chi connectivity index (χ1v) is 6.22. The fourth-order valence-electron chi connectivity index (χ4n) is 2.23. The van der Waals surface area contributed by atoms with Crippen molar-refractivity contribution in [3.63, 3.8) is 0 Å². The van der Waals surface area contributed by atoms with Gasteiger partial charge in [0.05, 0.1) is 6.10 Å². The molecule has 1 aliphatic heterocycles. The zero-order chi connectivity index (χ0) is 13.1. The third-order valence-electron chi connectivity index (χ3n) is 3.34. The number of likely N-dealkylation sites (N-methyl/N-ethyl adjacent to an activating group) is 1. The van der Waals surface area contributed by atoms with Gasteiger partial charge in [0.2, 0.25) is 0 Å². The summed E-state index contributed by atoms with van der Waals surface area (Å²) in [5.41, 5.74) is 2.36. The summed E-state index contributed by atoms with van der Waals surface area (Å²) < 4.78 is 5.50. The van der Waals surface area contributed by atoms with Gasteiger partial charge in [0.25, 0.3) is 0 Å². The van der Waals surface area contributed by atoms with Crippen LogP contribution in [0.2, 0.25) is 0 Å². The van der Waals surface area contributed by atoms with Gasteiger partial charge in [-0.2, -0.15) is 0 Å². The number of hydrogen-bond donors (Lipinski definition) is 1. The molecule has 1 aromatic carbocycles. The van der Waals surface area contributed by atoms with Crippen LogP contribution in [0.25, 0.3) is 0 Å². The Kier molecular flexibility index (Phi) is 3.87. The normalized spacial score (nSPS) is 23.0. The van der Waals surface area contributed by atoms with Gasteiger partial charge in [0.15, 0.2) is 6.10 Å². The Bertz CT molecular complexity index is 416. The van der Waals surface area contributed by atoms with Crippen molar-refractivity contribution in [2.45, 2.75) is 32.0 Å². The predicted octanol–water partition coefficient (Wildman–Crippen LogP) is 2.06. The van der Waals surface area contributed by atoms with E-state index in [2.05, 4.69) is 36.1 Å². The van der Waals surface area contributed by atoms with Crippen LogP contribution in [-0.2, 0) is 9.53 Å². The van der Waals surface area contributed by atoms with Crippen LogP contribution < -0.4 is 4.90 Å². The highest BCUT2D eigenvalue weighted by atomic mass is 16.5. The van der Waals surface area contributed by atoms with Crippen molar-refractivity contribution in [1.82, 2.24) is 0 Å². The molecule has 1 aliphatic rings. The highest BCUT2D eigenvalue weighted by Gasteiger charge is 2.30. The molecule has 2 unspecified atom stereocenters. The van der Waals surface area contributed by atoms with Gasteiger partial charge < -0.3 is 14.7 Å². The number of aryl methyl sites for hydroxylation is 1. The van der Waals surface area contributed by atoms with E-state index in [0.29, 0.717) is 6.42 Å². The van der Waals surface area contributed by atoms with E-state index in [1.54, 1.807) is 0 Å². The molecule has 1 fully saturated rings. The SMILES string of the molecule is Cc1ccc(N(C)CC2CCC(C(=O)O)O2)cc1. The summed E-state index contributed by atoms with van der Waals surface area (Å²) in [7, 11) is 2.00. The highest BCUT2D eigenvalue weighted by Crippen LogP contribution is 2.22. The zero-order valence-electron chi connectivity index (χ0n) is 10.8. The molecule has 0 aliphatic carbocycles. The van der Waals surface area contributed by atoms with E-state index in [9.17, 15) is 4.79 Å². The highest BCUT2D eigenvalue weighted by molar-refractivity contribution is 5.72. The number of aliphatic carboxylic acids is 1. The molecule has 4 nitrogen and oxygen atoms in total. The van der Waals surface area contributed by atoms with Gasteiger partial charge in [-0.15, -0.1) is 0 Å². The first kappa shape index (κ1) is 12.9. The standard InChI is InChI=1S/C14H19NO3/c1-10-3-5-11(6-4-10)15(2)9-12-7-8-13(18-12)14(16)17/h3-6,12-13H,7-9H2,1-2H3,(H,16,17). The minimum atomic E-state index is -0.851. The average Bonchev–Trinajstić information content (AvgIpc) is 2.78. The molecular weight excluding hydrogens is 230 g/mol. The smallest absolute Gasteiger partial charge is 0.332 e. The number of benzene rings is 1. The van der Waals surface area contributed by atoms with Crippen LogP contribution in [0.3, 0.4) is 0 Å². The Labute approximate surface area is 107 Å². The molecule has 0 saturated carbocycles. The maximum absolute atomic E-state index is 10.8. The molecule has 98 valence electrons. The molecule has 0 amide bonds. The fourth-order valence-corrected chi connectivity index (χ4v) is 2.23. The van der Waals surface area contributed by atoms with Gasteiger partial charge in [0, 0.05) is 19.3 Å². The van der Waals surface area contributed by atoms with Gasteiger partial charge in [-0.25, -0.2) is 4.79 Å². The zero-order valence-corrected chi connectivity index (χ0v) is 10.8. The van der Waals surface area contributed by atoms with E-state index in [0.717, 1.165) is 18.7 Å². The van der Waals surface area contributed by atoms with E-state index >= 15 is 0 Å². The lowest BCUT2D eigenvalue weighted by Crippen LogP contribution is -2.30. The number of carboxylic acids is 1. The molecule has 0 bridgehead atoms. The largest absolute Gasteiger partial charge is 0.479 e. The second kappa shape index (κ2) is 5.40. The van der Waals surface area contributed by atoms with E-state index in [-0.39, 0.29) is 6.10 Å². The summed E-state index contributed by atoms with van der Waals surface area (Å²) in [6.45, 7) is 2.79. The van der Waals surface area contributed by atoms with Crippen molar-refractivity contribution >= 4 is 11.7 Å². The second-order valence-corrected chi connectivity index (χ2v) is 4.88. The maximum Gasteiger partial charge on any atom is 0.332 e. The first-order valence-electron chi connectivity index (χ1n) is 6.22. The fraction of sp³-hybridized carbons (Fsp3) is 0.500. The van der Waals surface area contributed by atoms with Gasteiger partial charge in [-0.3, -0.25) is 0 Å². The summed E-state index contributed by atoms with van der Waals surface area (Å²) in [5, 5.41) is 8.87. The third kappa shape index (κ3) is 3.01. The number of rotatable bonds is 4. The van der Waals surface area contributed by atoms with Gasteiger partial charge in [-0.1, -0.05) is 17.7 Å². The van der Waals surface area contributed by atoms with Crippen LogP contribution >= 0.6 is 0 Å². The molecular formula is C14H19NO3. The molecule has 1 aromatic rings. The van der Waals surface area contributed by atoms with E-state index in [4.69, 9.17) is 9.84 Å². The lowest BCUT2D eigenvalue weighted by Gasteiger charge is -2.23. The lowest BCUT2D eigenvalue weighted by molar-refractivity contribution is -0.149. The number of hydrogen-bond acceptors (Lipinski definition) is 3. The topological polar surface area (TPSA) is 49.8 Å². The minimum absolute atomic E-state index is 0.0115. The summed E-state index contributed by atoms with van der Waals surface area (Å²) >= 11 is 0. The molecule has 1 heterocycles. The average molecular weight is 249 g/mol. The molecule has 1 N–H and O–H groups in total. The molecule has 0 spiro atoms. The Morgan fingerprint density at radius 3 is 2.61 bits per heavy atom.